The minimum absolute atomic E-state index is 0.559. The first kappa shape index (κ1) is 10.1. The molecular weight excluding hydrogens is 196 g/mol. The van der Waals surface area contributed by atoms with Crippen LogP contribution in [0.4, 0.5) is 0 Å². The number of nitrogens with zero attached hydrogens (tertiary/aromatic N) is 1. The Bertz CT molecular complexity index is 281. The minimum Gasteiger partial charge on any atom is -0.381 e. The highest BCUT2D eigenvalue weighted by Crippen LogP contribution is 2.28. The molecule has 1 aliphatic heterocycles. The third-order valence-corrected chi connectivity index (χ3v) is 3.69. The Morgan fingerprint density at radius 3 is 3.36 bits per heavy atom. The highest BCUT2D eigenvalue weighted by atomic mass is 32.1. The maximum atomic E-state index is 5.36. The molecule has 78 valence electrons. The first-order valence-electron chi connectivity index (χ1n) is 5.07. The molecule has 4 heteroatoms. The van der Waals surface area contributed by atoms with Gasteiger partial charge in [-0.25, -0.2) is 4.98 Å². The molecule has 0 bridgehead atoms. The molecule has 0 saturated carbocycles. The van der Waals surface area contributed by atoms with E-state index in [2.05, 4.69) is 10.3 Å². The van der Waals surface area contributed by atoms with Gasteiger partial charge in [-0.05, 0) is 26.4 Å². The predicted octanol–water partition coefficient (Wildman–Crippen LogP) is 1.41. The fourth-order valence-corrected chi connectivity index (χ4v) is 2.64. The maximum Gasteiger partial charge on any atom is 0.0982 e. The zero-order valence-electron chi connectivity index (χ0n) is 8.45. The number of hydrogen-bond donors (Lipinski definition) is 1. The fraction of sp³-hybridized carbons (Fsp3) is 0.700. The van der Waals surface area contributed by atoms with E-state index in [9.17, 15) is 0 Å². The quantitative estimate of drug-likeness (QED) is 0.819. The van der Waals surface area contributed by atoms with Crippen LogP contribution >= 0.6 is 11.3 Å². The van der Waals surface area contributed by atoms with E-state index in [-0.39, 0.29) is 0 Å². The Labute approximate surface area is 88.5 Å². The molecule has 3 nitrogen and oxygen atoms in total. The Morgan fingerprint density at radius 1 is 1.71 bits per heavy atom. The van der Waals surface area contributed by atoms with Crippen molar-refractivity contribution in [1.82, 2.24) is 10.3 Å². The summed E-state index contributed by atoms with van der Waals surface area (Å²) in [5.41, 5.74) is 0. The van der Waals surface area contributed by atoms with Crippen LogP contribution in [0.3, 0.4) is 0 Å². The topological polar surface area (TPSA) is 34.2 Å². The lowest BCUT2D eigenvalue weighted by Crippen LogP contribution is -2.09. The van der Waals surface area contributed by atoms with E-state index in [0.717, 1.165) is 32.6 Å². The molecule has 0 amide bonds. The molecule has 1 aromatic heterocycles. The predicted molar refractivity (Wildman–Crippen MR) is 57.9 cm³/mol. The second-order valence-corrected chi connectivity index (χ2v) is 4.73. The summed E-state index contributed by atoms with van der Waals surface area (Å²) in [5.74, 6) is 0.559. The number of aromatic nitrogens is 1. The molecule has 0 aromatic carbocycles. The largest absolute Gasteiger partial charge is 0.381 e. The zero-order valence-corrected chi connectivity index (χ0v) is 9.27. The second kappa shape index (κ2) is 4.87. The van der Waals surface area contributed by atoms with Gasteiger partial charge in [0.05, 0.1) is 11.6 Å². The molecule has 1 N–H and O–H groups in total. The molecule has 2 heterocycles. The molecule has 1 atom stereocenters. The first-order chi connectivity index (χ1) is 6.90. The van der Waals surface area contributed by atoms with Crippen molar-refractivity contribution in [1.29, 1.82) is 0 Å². The van der Waals surface area contributed by atoms with Crippen molar-refractivity contribution in [3.63, 3.8) is 0 Å². The van der Waals surface area contributed by atoms with Gasteiger partial charge in [0.1, 0.15) is 0 Å². The van der Waals surface area contributed by atoms with Crippen LogP contribution in [0.25, 0.3) is 0 Å². The maximum absolute atomic E-state index is 5.36. The van der Waals surface area contributed by atoms with Gasteiger partial charge in [0, 0.05) is 23.6 Å². The normalized spacial score (nSPS) is 21.6. The Kier molecular flexibility index (Phi) is 3.50. The monoisotopic (exact) mass is 212 g/mol. The summed E-state index contributed by atoms with van der Waals surface area (Å²) >= 11 is 1.84. The summed E-state index contributed by atoms with van der Waals surface area (Å²) in [6.45, 7) is 2.79. The van der Waals surface area contributed by atoms with E-state index < -0.39 is 0 Å². The van der Waals surface area contributed by atoms with Crippen LogP contribution in [0.15, 0.2) is 6.20 Å². The van der Waals surface area contributed by atoms with Crippen LogP contribution in [-0.2, 0) is 11.2 Å². The van der Waals surface area contributed by atoms with E-state index in [0.29, 0.717) is 5.92 Å². The summed E-state index contributed by atoms with van der Waals surface area (Å²) < 4.78 is 5.36. The van der Waals surface area contributed by atoms with Crippen LogP contribution in [0.1, 0.15) is 22.2 Å². The number of rotatable bonds is 4. The van der Waals surface area contributed by atoms with E-state index in [1.54, 1.807) is 0 Å². The number of thiazole rings is 1. The van der Waals surface area contributed by atoms with Gasteiger partial charge in [0.2, 0.25) is 0 Å². The fourth-order valence-electron chi connectivity index (χ4n) is 1.60. The van der Waals surface area contributed by atoms with Crippen molar-refractivity contribution < 1.29 is 4.74 Å². The van der Waals surface area contributed by atoms with E-state index in [1.807, 2.05) is 24.6 Å². The molecule has 1 unspecified atom stereocenters. The van der Waals surface area contributed by atoms with E-state index >= 15 is 0 Å². The molecule has 14 heavy (non-hydrogen) atoms. The van der Waals surface area contributed by atoms with Crippen LogP contribution in [-0.4, -0.2) is 31.8 Å². The van der Waals surface area contributed by atoms with Crippen molar-refractivity contribution in [3.05, 3.63) is 16.1 Å². The van der Waals surface area contributed by atoms with Crippen molar-refractivity contribution in [3.8, 4) is 0 Å². The lowest BCUT2D eigenvalue weighted by atomic mass is 10.1. The minimum atomic E-state index is 0.559. The number of ether oxygens (including phenoxy) is 1. The van der Waals surface area contributed by atoms with Crippen molar-refractivity contribution in [2.24, 2.45) is 0 Å². The summed E-state index contributed by atoms with van der Waals surface area (Å²) in [7, 11) is 1.98. The molecular formula is C10H16N2OS. The third-order valence-electron chi connectivity index (χ3n) is 2.47. The van der Waals surface area contributed by atoms with Crippen LogP contribution in [0.5, 0.6) is 0 Å². The highest BCUT2D eigenvalue weighted by molar-refractivity contribution is 7.11. The van der Waals surface area contributed by atoms with Gasteiger partial charge in [0.25, 0.3) is 0 Å². The Morgan fingerprint density at radius 2 is 2.64 bits per heavy atom. The molecule has 0 aliphatic carbocycles. The molecule has 2 rings (SSSR count). The Balaban J connectivity index is 1.94. The zero-order chi connectivity index (χ0) is 9.80. The molecule has 1 fully saturated rings. The molecule has 1 saturated heterocycles. The standard InChI is InChI=1S/C10H16N2OS/c1-11-4-2-9-6-12-10(14-9)8-3-5-13-7-8/h6,8,11H,2-5,7H2,1H3. The number of hydrogen-bond acceptors (Lipinski definition) is 4. The van der Waals surface area contributed by atoms with Crippen LogP contribution < -0.4 is 5.32 Å². The van der Waals surface area contributed by atoms with Gasteiger partial charge in [-0.1, -0.05) is 0 Å². The summed E-state index contributed by atoms with van der Waals surface area (Å²) in [4.78, 5) is 5.84. The smallest absolute Gasteiger partial charge is 0.0982 e. The lowest BCUT2D eigenvalue weighted by Gasteiger charge is -2.00. The summed E-state index contributed by atoms with van der Waals surface area (Å²) in [5, 5.41) is 4.41. The van der Waals surface area contributed by atoms with Gasteiger partial charge in [-0.2, -0.15) is 0 Å². The highest BCUT2D eigenvalue weighted by Gasteiger charge is 2.20. The van der Waals surface area contributed by atoms with Gasteiger partial charge in [-0.15, -0.1) is 11.3 Å². The van der Waals surface area contributed by atoms with Crippen LogP contribution in [0.2, 0.25) is 0 Å². The lowest BCUT2D eigenvalue weighted by molar-refractivity contribution is 0.194. The molecule has 0 spiro atoms. The van der Waals surface area contributed by atoms with Crippen molar-refractivity contribution in [2.75, 3.05) is 26.8 Å². The average Bonchev–Trinajstić information content (AvgIpc) is 2.85. The van der Waals surface area contributed by atoms with E-state index in [1.165, 1.54) is 9.88 Å². The Hall–Kier alpha value is -0.450. The SMILES string of the molecule is CNCCc1cnc(C2CCOC2)s1. The summed E-state index contributed by atoms with van der Waals surface area (Å²) in [6, 6.07) is 0. The molecule has 1 aliphatic rings. The van der Waals surface area contributed by atoms with Crippen molar-refractivity contribution in [2.45, 2.75) is 18.8 Å². The van der Waals surface area contributed by atoms with E-state index in [4.69, 9.17) is 4.74 Å². The van der Waals surface area contributed by atoms with Gasteiger partial charge >= 0.3 is 0 Å². The van der Waals surface area contributed by atoms with Crippen LogP contribution in [0, 0.1) is 0 Å². The average molecular weight is 212 g/mol. The second-order valence-electron chi connectivity index (χ2n) is 3.58. The number of likely N-dealkylation sites (N-methyl/N-ethyl adjacent to an activating group) is 1. The number of nitrogens with one attached hydrogen (secondary N) is 1. The van der Waals surface area contributed by atoms with Crippen molar-refractivity contribution >= 4 is 11.3 Å². The van der Waals surface area contributed by atoms with Gasteiger partial charge in [-0.3, -0.25) is 0 Å². The molecule has 1 aromatic rings. The third kappa shape index (κ3) is 2.32. The first-order valence-corrected chi connectivity index (χ1v) is 5.88. The van der Waals surface area contributed by atoms with Gasteiger partial charge < -0.3 is 10.1 Å². The molecule has 0 radical (unpaired) electrons. The van der Waals surface area contributed by atoms with Gasteiger partial charge in [0.15, 0.2) is 0 Å². The summed E-state index contributed by atoms with van der Waals surface area (Å²) in [6.07, 6.45) is 4.23.